The van der Waals surface area contributed by atoms with Crippen molar-refractivity contribution in [3.63, 3.8) is 0 Å². The van der Waals surface area contributed by atoms with Crippen LogP contribution in [0.4, 0.5) is 0 Å². The summed E-state index contributed by atoms with van der Waals surface area (Å²) in [6.07, 6.45) is 0. The van der Waals surface area contributed by atoms with Gasteiger partial charge in [0.25, 0.3) is 0 Å². The van der Waals surface area contributed by atoms with E-state index in [0.29, 0.717) is 6.54 Å². The van der Waals surface area contributed by atoms with Crippen LogP contribution in [0.25, 0.3) is 11.1 Å². The maximum atomic E-state index is 11.3. The second-order valence-corrected chi connectivity index (χ2v) is 5.83. The van der Waals surface area contributed by atoms with E-state index in [1.165, 1.54) is 0 Å². The second-order valence-electron chi connectivity index (χ2n) is 5.83. The Kier molecular flexibility index (Phi) is 5.77. The number of hydrogen-bond donors (Lipinski definition) is 2. The fourth-order valence-corrected chi connectivity index (χ4v) is 2.53. The molecule has 2 N–H and O–H groups in total. The molecule has 0 aliphatic heterocycles. The van der Waals surface area contributed by atoms with Crippen molar-refractivity contribution >= 4 is 5.97 Å². The maximum absolute atomic E-state index is 11.3. The van der Waals surface area contributed by atoms with Gasteiger partial charge >= 0.3 is 5.97 Å². The van der Waals surface area contributed by atoms with Crippen LogP contribution in [0.2, 0.25) is 0 Å². The van der Waals surface area contributed by atoms with E-state index in [1.54, 1.807) is 7.11 Å². The first-order valence-corrected chi connectivity index (χ1v) is 7.71. The summed E-state index contributed by atoms with van der Waals surface area (Å²) in [5, 5.41) is 12.3. The zero-order valence-corrected chi connectivity index (χ0v) is 13.7. The Morgan fingerprint density at radius 1 is 1.13 bits per heavy atom. The third-order valence-corrected chi connectivity index (χ3v) is 3.84. The van der Waals surface area contributed by atoms with E-state index < -0.39 is 12.0 Å². The van der Waals surface area contributed by atoms with E-state index in [1.807, 2.05) is 62.4 Å². The van der Waals surface area contributed by atoms with Gasteiger partial charge in [0.1, 0.15) is 11.8 Å². The summed E-state index contributed by atoms with van der Waals surface area (Å²) in [5.74, 6) is -0.0614. The van der Waals surface area contributed by atoms with Crippen LogP contribution in [0.5, 0.6) is 5.75 Å². The lowest BCUT2D eigenvalue weighted by Gasteiger charge is -2.19. The van der Waals surface area contributed by atoms with Crippen LogP contribution in [0.3, 0.4) is 0 Å². The molecule has 0 amide bonds. The predicted octanol–water partition coefficient (Wildman–Crippen LogP) is 3.56. The molecule has 0 radical (unpaired) electrons. The molecule has 23 heavy (non-hydrogen) atoms. The first kappa shape index (κ1) is 17.0. The lowest BCUT2D eigenvalue weighted by molar-refractivity contribution is -0.140. The van der Waals surface area contributed by atoms with Crippen molar-refractivity contribution in [1.82, 2.24) is 5.32 Å². The molecular weight excluding hydrogens is 290 g/mol. The van der Waals surface area contributed by atoms with Crippen LogP contribution in [0, 0.1) is 5.92 Å². The van der Waals surface area contributed by atoms with Crippen LogP contribution in [-0.4, -0.2) is 24.2 Å². The van der Waals surface area contributed by atoms with Crippen LogP contribution in [-0.2, 0) is 11.3 Å². The number of carboxylic acid groups (broad SMARTS) is 1. The van der Waals surface area contributed by atoms with E-state index in [4.69, 9.17) is 4.74 Å². The van der Waals surface area contributed by atoms with Gasteiger partial charge in [0.2, 0.25) is 0 Å². The summed E-state index contributed by atoms with van der Waals surface area (Å²) in [6.45, 7) is 4.23. The number of carboxylic acids is 1. The third-order valence-electron chi connectivity index (χ3n) is 3.84. The van der Waals surface area contributed by atoms with Gasteiger partial charge in [-0.05, 0) is 23.1 Å². The molecule has 0 spiro atoms. The van der Waals surface area contributed by atoms with Gasteiger partial charge in [0, 0.05) is 12.1 Å². The van der Waals surface area contributed by atoms with E-state index >= 15 is 0 Å². The van der Waals surface area contributed by atoms with Gasteiger partial charge in [-0.15, -0.1) is 0 Å². The third kappa shape index (κ3) is 4.33. The Labute approximate surface area is 137 Å². The van der Waals surface area contributed by atoms with Gasteiger partial charge in [0.15, 0.2) is 0 Å². The van der Waals surface area contributed by atoms with Gasteiger partial charge in [-0.3, -0.25) is 10.1 Å². The highest BCUT2D eigenvalue weighted by molar-refractivity contribution is 5.73. The molecule has 4 nitrogen and oxygen atoms in total. The summed E-state index contributed by atoms with van der Waals surface area (Å²) >= 11 is 0. The lowest BCUT2D eigenvalue weighted by Crippen LogP contribution is -2.40. The molecule has 0 unspecified atom stereocenters. The van der Waals surface area contributed by atoms with Crippen molar-refractivity contribution in [2.75, 3.05) is 7.11 Å². The highest BCUT2D eigenvalue weighted by Gasteiger charge is 2.21. The number of nitrogens with one attached hydrogen (secondary N) is 1. The molecule has 0 bridgehead atoms. The molecule has 0 aromatic heterocycles. The predicted molar refractivity (Wildman–Crippen MR) is 91.5 cm³/mol. The Balaban J connectivity index is 2.18. The van der Waals surface area contributed by atoms with Crippen molar-refractivity contribution in [2.24, 2.45) is 5.92 Å². The normalized spacial score (nSPS) is 12.2. The highest BCUT2D eigenvalue weighted by atomic mass is 16.5. The zero-order valence-electron chi connectivity index (χ0n) is 13.7. The molecule has 122 valence electrons. The quantitative estimate of drug-likeness (QED) is 0.820. The van der Waals surface area contributed by atoms with E-state index in [9.17, 15) is 9.90 Å². The Bertz CT molecular complexity index is 653. The van der Waals surface area contributed by atoms with Crippen LogP contribution in [0.15, 0.2) is 48.5 Å². The van der Waals surface area contributed by atoms with E-state index in [2.05, 4.69) is 5.32 Å². The summed E-state index contributed by atoms with van der Waals surface area (Å²) in [5.41, 5.74) is 3.14. The summed E-state index contributed by atoms with van der Waals surface area (Å²) in [7, 11) is 1.63. The zero-order chi connectivity index (χ0) is 16.8. The van der Waals surface area contributed by atoms with Crippen LogP contribution in [0.1, 0.15) is 19.4 Å². The fraction of sp³-hybridized carbons (Fsp3) is 0.316. The summed E-state index contributed by atoms with van der Waals surface area (Å²) in [6, 6.07) is 15.5. The summed E-state index contributed by atoms with van der Waals surface area (Å²) < 4.78 is 5.47. The van der Waals surface area contributed by atoms with Crippen molar-refractivity contribution in [3.8, 4) is 16.9 Å². The number of hydrogen-bond acceptors (Lipinski definition) is 3. The smallest absolute Gasteiger partial charge is 0.320 e. The summed E-state index contributed by atoms with van der Waals surface area (Å²) in [4.78, 5) is 11.3. The van der Waals surface area contributed by atoms with Crippen LogP contribution < -0.4 is 10.1 Å². The minimum Gasteiger partial charge on any atom is -0.496 e. The average molecular weight is 313 g/mol. The number of carbonyl (C=O) groups is 1. The monoisotopic (exact) mass is 313 g/mol. The molecule has 0 aliphatic carbocycles. The van der Waals surface area contributed by atoms with Gasteiger partial charge in [-0.1, -0.05) is 56.3 Å². The van der Waals surface area contributed by atoms with Crippen LogP contribution >= 0.6 is 0 Å². The molecule has 0 heterocycles. The number of methoxy groups -OCH3 is 1. The minimum absolute atomic E-state index is 0.0158. The number of rotatable bonds is 7. The Morgan fingerprint density at radius 2 is 1.83 bits per heavy atom. The second kappa shape index (κ2) is 7.79. The number of benzene rings is 2. The molecule has 0 aliphatic rings. The first-order valence-electron chi connectivity index (χ1n) is 7.71. The highest BCUT2D eigenvalue weighted by Crippen LogP contribution is 2.27. The van der Waals surface area contributed by atoms with Gasteiger partial charge < -0.3 is 9.84 Å². The molecule has 0 fully saturated rings. The van der Waals surface area contributed by atoms with Crippen molar-refractivity contribution < 1.29 is 14.6 Å². The molecule has 2 aromatic carbocycles. The molecule has 2 rings (SSSR count). The topological polar surface area (TPSA) is 58.6 Å². The first-order chi connectivity index (χ1) is 11.0. The molecule has 0 saturated heterocycles. The average Bonchev–Trinajstić information content (AvgIpc) is 2.55. The van der Waals surface area contributed by atoms with Gasteiger partial charge in [-0.25, -0.2) is 0 Å². The number of aliphatic carboxylic acids is 1. The number of ether oxygens (including phenoxy) is 1. The fourth-order valence-electron chi connectivity index (χ4n) is 2.53. The largest absolute Gasteiger partial charge is 0.496 e. The lowest BCUT2D eigenvalue weighted by atomic mass is 10.0. The molecule has 1 atom stereocenters. The SMILES string of the molecule is COc1cc(-c2ccccc2)ccc1CN[C@@H](C(=O)O)C(C)C. The maximum Gasteiger partial charge on any atom is 0.320 e. The Morgan fingerprint density at radius 3 is 2.39 bits per heavy atom. The minimum atomic E-state index is -0.833. The standard InChI is InChI=1S/C19H23NO3/c1-13(2)18(19(21)22)20-12-16-10-9-15(11-17(16)23-3)14-7-5-4-6-8-14/h4-11,13,18,20H,12H2,1-3H3,(H,21,22)/t18-/m1/s1. The van der Waals surface area contributed by atoms with E-state index in [-0.39, 0.29) is 5.92 Å². The molecule has 4 heteroatoms. The molecule has 2 aromatic rings. The van der Waals surface area contributed by atoms with Crippen molar-refractivity contribution in [3.05, 3.63) is 54.1 Å². The van der Waals surface area contributed by atoms with Gasteiger partial charge in [-0.2, -0.15) is 0 Å². The van der Waals surface area contributed by atoms with Crippen molar-refractivity contribution in [2.45, 2.75) is 26.4 Å². The molecule has 0 saturated carbocycles. The van der Waals surface area contributed by atoms with Crippen molar-refractivity contribution in [1.29, 1.82) is 0 Å². The van der Waals surface area contributed by atoms with Gasteiger partial charge in [0.05, 0.1) is 7.11 Å². The van der Waals surface area contributed by atoms with E-state index in [0.717, 1.165) is 22.4 Å². The Hall–Kier alpha value is -2.33. The molecular formula is C19H23NO3.